The van der Waals surface area contributed by atoms with Crippen molar-refractivity contribution < 1.29 is 12.9 Å². The van der Waals surface area contributed by atoms with Gasteiger partial charge in [-0.05, 0) is 13.0 Å². The molecule has 1 aliphatic heterocycles. The molecule has 0 radical (unpaired) electrons. The van der Waals surface area contributed by atoms with Gasteiger partial charge in [-0.1, -0.05) is 5.16 Å². The molecule has 1 atom stereocenters. The Morgan fingerprint density at radius 1 is 1.64 bits per heavy atom. The van der Waals surface area contributed by atoms with E-state index in [1.165, 1.54) is 5.41 Å². The van der Waals surface area contributed by atoms with E-state index in [4.69, 9.17) is 4.52 Å². The van der Waals surface area contributed by atoms with Crippen molar-refractivity contribution in [2.24, 2.45) is 0 Å². The zero-order chi connectivity index (χ0) is 10.2. The van der Waals surface area contributed by atoms with E-state index in [9.17, 15) is 8.42 Å². The first-order chi connectivity index (χ1) is 6.55. The third kappa shape index (κ3) is 1.92. The van der Waals surface area contributed by atoms with Crippen molar-refractivity contribution in [3.05, 3.63) is 17.3 Å². The standard InChI is InChI=1S/C7H9N3O3S/c1-5-8-7(13-10-5)9-6-2-3-14(11,12)4-6/h2-3,6H,4H2,1H3,(H,8,9,10). The maximum absolute atomic E-state index is 11.0. The maximum atomic E-state index is 11.0. The van der Waals surface area contributed by atoms with Crippen molar-refractivity contribution in [3.63, 3.8) is 0 Å². The van der Waals surface area contributed by atoms with E-state index in [-0.39, 0.29) is 17.8 Å². The summed E-state index contributed by atoms with van der Waals surface area (Å²) >= 11 is 0. The van der Waals surface area contributed by atoms with E-state index in [1.807, 2.05) is 0 Å². The largest absolute Gasteiger partial charge is 0.330 e. The summed E-state index contributed by atoms with van der Waals surface area (Å²) in [5, 5.41) is 7.57. The number of rotatable bonds is 2. The van der Waals surface area contributed by atoms with Gasteiger partial charge in [0.1, 0.15) is 0 Å². The molecule has 1 unspecified atom stereocenters. The molecule has 14 heavy (non-hydrogen) atoms. The molecule has 2 rings (SSSR count). The highest BCUT2D eigenvalue weighted by atomic mass is 32.2. The van der Waals surface area contributed by atoms with E-state index in [2.05, 4.69) is 15.5 Å². The molecule has 1 N–H and O–H groups in total. The van der Waals surface area contributed by atoms with Crippen LogP contribution in [0, 0.1) is 6.92 Å². The Hall–Kier alpha value is -1.37. The van der Waals surface area contributed by atoms with Crippen LogP contribution in [0.1, 0.15) is 5.82 Å². The molecule has 1 aromatic rings. The number of aromatic nitrogens is 2. The summed E-state index contributed by atoms with van der Waals surface area (Å²) in [4.78, 5) is 3.90. The molecule has 0 aromatic carbocycles. The van der Waals surface area contributed by atoms with Gasteiger partial charge in [0.25, 0.3) is 0 Å². The van der Waals surface area contributed by atoms with Gasteiger partial charge in [-0.15, -0.1) is 0 Å². The Labute approximate surface area is 80.9 Å². The van der Waals surface area contributed by atoms with Crippen LogP contribution in [0.15, 0.2) is 16.0 Å². The molecule has 7 heteroatoms. The number of nitrogens with zero attached hydrogens (tertiary/aromatic N) is 2. The molecular weight excluding hydrogens is 206 g/mol. The SMILES string of the molecule is Cc1noc(NC2C=CS(=O)(=O)C2)n1. The van der Waals surface area contributed by atoms with E-state index in [1.54, 1.807) is 13.0 Å². The third-order valence-electron chi connectivity index (χ3n) is 1.77. The third-order valence-corrected chi connectivity index (χ3v) is 3.16. The van der Waals surface area contributed by atoms with Crippen LogP contribution >= 0.6 is 0 Å². The maximum Gasteiger partial charge on any atom is 0.321 e. The fourth-order valence-electron chi connectivity index (χ4n) is 1.18. The van der Waals surface area contributed by atoms with Crippen LogP contribution in [0.4, 0.5) is 6.01 Å². The zero-order valence-electron chi connectivity index (χ0n) is 7.47. The molecular formula is C7H9N3O3S. The lowest BCUT2D eigenvalue weighted by molar-refractivity contribution is 0.424. The Morgan fingerprint density at radius 2 is 2.43 bits per heavy atom. The predicted octanol–water partition coefficient (Wildman–Crippen LogP) is 0.101. The average Bonchev–Trinajstić information content (AvgIpc) is 2.59. The van der Waals surface area contributed by atoms with Crippen LogP contribution in [0.3, 0.4) is 0 Å². The molecule has 76 valence electrons. The van der Waals surface area contributed by atoms with Gasteiger partial charge >= 0.3 is 6.01 Å². The van der Waals surface area contributed by atoms with Crippen molar-refractivity contribution >= 4 is 15.9 Å². The number of nitrogens with one attached hydrogen (secondary N) is 1. The molecule has 0 amide bonds. The Morgan fingerprint density at radius 3 is 2.93 bits per heavy atom. The molecule has 6 nitrogen and oxygen atoms in total. The summed E-state index contributed by atoms with van der Waals surface area (Å²) in [5.74, 6) is 0.548. The first-order valence-electron chi connectivity index (χ1n) is 4.03. The van der Waals surface area contributed by atoms with Gasteiger partial charge in [-0.2, -0.15) is 4.98 Å². The van der Waals surface area contributed by atoms with E-state index < -0.39 is 9.84 Å². The minimum atomic E-state index is -3.04. The molecule has 2 heterocycles. The molecule has 1 aliphatic rings. The highest BCUT2D eigenvalue weighted by Crippen LogP contribution is 2.13. The van der Waals surface area contributed by atoms with Crippen molar-refractivity contribution in [2.75, 3.05) is 11.1 Å². The topological polar surface area (TPSA) is 85.1 Å². The zero-order valence-corrected chi connectivity index (χ0v) is 8.28. The fourth-order valence-corrected chi connectivity index (χ4v) is 2.42. The van der Waals surface area contributed by atoms with Crippen molar-refractivity contribution in [3.8, 4) is 0 Å². The van der Waals surface area contributed by atoms with Crippen LogP contribution in [-0.4, -0.2) is 30.4 Å². The normalized spacial score (nSPS) is 23.9. The summed E-state index contributed by atoms with van der Waals surface area (Å²) in [6, 6.07) is -0.0332. The summed E-state index contributed by atoms with van der Waals surface area (Å²) in [7, 11) is -3.04. The van der Waals surface area contributed by atoms with Gasteiger partial charge in [0.05, 0.1) is 11.8 Å². The van der Waals surface area contributed by atoms with E-state index in [0.29, 0.717) is 5.82 Å². The second-order valence-corrected chi connectivity index (χ2v) is 4.99. The minimum absolute atomic E-state index is 0.0361. The highest BCUT2D eigenvalue weighted by molar-refractivity contribution is 7.94. The lowest BCUT2D eigenvalue weighted by Crippen LogP contribution is -2.20. The van der Waals surface area contributed by atoms with Crippen LogP contribution in [-0.2, 0) is 9.84 Å². The molecule has 0 saturated heterocycles. The second-order valence-electron chi connectivity index (χ2n) is 3.06. The number of sulfone groups is 1. The monoisotopic (exact) mass is 215 g/mol. The average molecular weight is 215 g/mol. The van der Waals surface area contributed by atoms with Crippen molar-refractivity contribution in [2.45, 2.75) is 13.0 Å². The van der Waals surface area contributed by atoms with Crippen molar-refractivity contribution in [1.29, 1.82) is 0 Å². The first-order valence-corrected chi connectivity index (χ1v) is 5.74. The van der Waals surface area contributed by atoms with Crippen LogP contribution in [0.2, 0.25) is 0 Å². The lowest BCUT2D eigenvalue weighted by atomic mass is 10.3. The molecule has 0 bridgehead atoms. The van der Waals surface area contributed by atoms with Gasteiger partial charge in [0.2, 0.25) is 0 Å². The molecule has 1 aromatic heterocycles. The van der Waals surface area contributed by atoms with Gasteiger partial charge in [-0.3, -0.25) is 0 Å². The van der Waals surface area contributed by atoms with Gasteiger partial charge in [0, 0.05) is 5.41 Å². The first kappa shape index (κ1) is 9.20. The lowest BCUT2D eigenvalue weighted by Gasteiger charge is -2.04. The molecule has 0 spiro atoms. The summed E-state index contributed by atoms with van der Waals surface area (Å²) in [6.07, 6.45) is 1.56. The van der Waals surface area contributed by atoms with Gasteiger partial charge in [-0.25, -0.2) is 8.42 Å². The predicted molar refractivity (Wildman–Crippen MR) is 49.4 cm³/mol. The van der Waals surface area contributed by atoms with E-state index >= 15 is 0 Å². The summed E-state index contributed by atoms with van der Waals surface area (Å²) in [6.45, 7) is 1.69. The summed E-state index contributed by atoms with van der Waals surface area (Å²) < 4.78 is 26.9. The van der Waals surface area contributed by atoms with Crippen LogP contribution in [0.5, 0.6) is 0 Å². The summed E-state index contributed by atoms with van der Waals surface area (Å²) in [5.41, 5.74) is 0. The second kappa shape index (κ2) is 3.09. The molecule has 0 fully saturated rings. The van der Waals surface area contributed by atoms with Crippen LogP contribution < -0.4 is 5.32 Å². The van der Waals surface area contributed by atoms with Gasteiger partial charge in [0.15, 0.2) is 15.7 Å². The van der Waals surface area contributed by atoms with Crippen molar-refractivity contribution in [1.82, 2.24) is 10.1 Å². The number of hydrogen-bond donors (Lipinski definition) is 1. The van der Waals surface area contributed by atoms with Crippen LogP contribution in [0.25, 0.3) is 0 Å². The smallest absolute Gasteiger partial charge is 0.321 e. The Kier molecular flexibility index (Phi) is 2.03. The number of anilines is 1. The highest BCUT2D eigenvalue weighted by Gasteiger charge is 2.22. The number of hydrogen-bond acceptors (Lipinski definition) is 6. The Balaban J connectivity index is 2.05. The quantitative estimate of drug-likeness (QED) is 0.753. The van der Waals surface area contributed by atoms with Gasteiger partial charge < -0.3 is 9.84 Å². The number of aryl methyl sites for hydroxylation is 1. The minimum Gasteiger partial charge on any atom is -0.330 e. The fraction of sp³-hybridized carbons (Fsp3) is 0.429. The van der Waals surface area contributed by atoms with E-state index in [0.717, 1.165) is 0 Å². The molecule has 0 aliphatic carbocycles. The Bertz CT molecular complexity index is 462. The molecule has 0 saturated carbocycles.